The van der Waals surface area contributed by atoms with E-state index in [2.05, 4.69) is 30.5 Å². The van der Waals surface area contributed by atoms with Gasteiger partial charge in [0.25, 0.3) is 0 Å². The highest BCUT2D eigenvalue weighted by Gasteiger charge is 2.18. The molecule has 0 saturated carbocycles. The molecule has 1 aromatic heterocycles. The van der Waals surface area contributed by atoms with Gasteiger partial charge >= 0.3 is 0 Å². The van der Waals surface area contributed by atoms with Gasteiger partial charge in [0, 0.05) is 4.90 Å². The first-order chi connectivity index (χ1) is 14.7. The van der Waals surface area contributed by atoms with Gasteiger partial charge in [0.1, 0.15) is 18.8 Å². The molecule has 6 nitrogen and oxygen atoms in total. The van der Waals surface area contributed by atoms with Crippen LogP contribution in [0.4, 0.5) is 0 Å². The van der Waals surface area contributed by atoms with Crippen LogP contribution in [0.25, 0.3) is 23.5 Å². The number of thioether (sulfide) groups is 1. The van der Waals surface area contributed by atoms with E-state index in [-0.39, 0.29) is 5.75 Å². The summed E-state index contributed by atoms with van der Waals surface area (Å²) < 4.78 is 7.36. The number of phenols is 1. The fraction of sp³-hybridized carbons (Fsp3) is 0.304. The van der Waals surface area contributed by atoms with E-state index < -0.39 is 0 Å². The van der Waals surface area contributed by atoms with Crippen molar-refractivity contribution in [2.24, 2.45) is 0 Å². The van der Waals surface area contributed by atoms with Crippen LogP contribution in [0.5, 0.6) is 5.75 Å². The van der Waals surface area contributed by atoms with Crippen LogP contribution < -0.4 is 4.90 Å². The van der Waals surface area contributed by atoms with Crippen molar-refractivity contribution < 1.29 is 14.7 Å². The third kappa shape index (κ3) is 5.11. The van der Waals surface area contributed by atoms with E-state index in [0.29, 0.717) is 17.2 Å². The highest BCUT2D eigenvalue weighted by Crippen LogP contribution is 2.27. The van der Waals surface area contributed by atoms with Gasteiger partial charge in [0.15, 0.2) is 11.6 Å². The lowest BCUT2D eigenvalue weighted by atomic mass is 10.2. The molecule has 1 aliphatic heterocycles. The molecule has 1 saturated heterocycles. The molecule has 30 heavy (non-hydrogen) atoms. The van der Waals surface area contributed by atoms with E-state index in [0.717, 1.165) is 45.0 Å². The molecule has 2 N–H and O–H groups in total. The van der Waals surface area contributed by atoms with Crippen LogP contribution in [0.1, 0.15) is 11.4 Å². The van der Waals surface area contributed by atoms with E-state index in [4.69, 9.17) is 14.8 Å². The van der Waals surface area contributed by atoms with E-state index >= 15 is 0 Å². The Kier molecular flexibility index (Phi) is 6.84. The van der Waals surface area contributed by atoms with Gasteiger partial charge in [-0.05, 0) is 42.2 Å². The van der Waals surface area contributed by atoms with Crippen molar-refractivity contribution in [3.05, 3.63) is 59.9 Å². The molecule has 7 heteroatoms. The van der Waals surface area contributed by atoms with Crippen LogP contribution in [0.2, 0.25) is 0 Å². The third-order valence-corrected chi connectivity index (χ3v) is 5.99. The predicted molar refractivity (Wildman–Crippen MR) is 121 cm³/mol. The van der Waals surface area contributed by atoms with E-state index in [1.165, 1.54) is 9.80 Å². The average molecular weight is 424 g/mol. The molecule has 1 aliphatic rings. The summed E-state index contributed by atoms with van der Waals surface area (Å²) in [5.74, 6) is 1.55. The molecular formula is C23H27N4O2S+. The zero-order valence-electron chi connectivity index (χ0n) is 17.1. The molecule has 0 spiro atoms. The number of aromatic hydroxyl groups is 1. The summed E-state index contributed by atoms with van der Waals surface area (Å²) in [6.07, 6.45) is 6.02. The van der Waals surface area contributed by atoms with Crippen LogP contribution in [-0.4, -0.2) is 59.0 Å². The molecule has 3 aromatic rings. The minimum absolute atomic E-state index is 0.216. The van der Waals surface area contributed by atoms with Gasteiger partial charge in [-0.3, -0.25) is 0 Å². The minimum Gasteiger partial charge on any atom is -0.507 e. The Balaban J connectivity index is 1.57. The summed E-state index contributed by atoms with van der Waals surface area (Å²) >= 11 is 1.73. The normalized spacial score (nSPS) is 15.1. The van der Waals surface area contributed by atoms with Crippen molar-refractivity contribution in [3.63, 3.8) is 0 Å². The standard InChI is InChI=1S/C23H26N4O2S/c1-30-19-9-6-18(7-10-19)8-11-22-24-23(20-4-2-3-5-21(20)28)27(25-22)13-12-26-14-16-29-17-15-26/h2-11,28H,12-17H2,1H3/p+1/b11-8+. The molecule has 4 rings (SSSR count). The van der Waals surface area contributed by atoms with Gasteiger partial charge < -0.3 is 14.7 Å². The Morgan fingerprint density at radius 3 is 2.60 bits per heavy atom. The number of nitrogens with one attached hydrogen (secondary N) is 1. The van der Waals surface area contributed by atoms with Gasteiger partial charge in [-0.2, -0.15) is 5.10 Å². The predicted octanol–water partition coefficient (Wildman–Crippen LogP) is 2.46. The number of hydrogen-bond donors (Lipinski definition) is 2. The molecule has 0 bridgehead atoms. The maximum Gasteiger partial charge on any atom is 0.174 e. The monoisotopic (exact) mass is 423 g/mol. The van der Waals surface area contributed by atoms with Crippen molar-refractivity contribution in [2.75, 3.05) is 39.1 Å². The molecule has 0 radical (unpaired) electrons. The van der Waals surface area contributed by atoms with E-state index in [9.17, 15) is 5.11 Å². The molecule has 0 atom stereocenters. The van der Waals surface area contributed by atoms with Crippen LogP contribution in [0, 0.1) is 0 Å². The lowest BCUT2D eigenvalue weighted by Gasteiger charge is -2.23. The SMILES string of the molecule is CSc1ccc(/C=C/c2nc(-c3ccccc3O)n(CC[NH+]3CCOCC3)n2)cc1. The zero-order chi connectivity index (χ0) is 20.8. The maximum atomic E-state index is 10.3. The summed E-state index contributed by atoms with van der Waals surface area (Å²) in [7, 11) is 0. The molecule has 2 aromatic carbocycles. The molecule has 1 fully saturated rings. The first kappa shape index (κ1) is 20.7. The minimum atomic E-state index is 0.216. The first-order valence-corrected chi connectivity index (χ1v) is 11.4. The third-order valence-electron chi connectivity index (χ3n) is 5.25. The number of morpholine rings is 1. The molecule has 0 unspecified atom stereocenters. The van der Waals surface area contributed by atoms with Gasteiger partial charge in [-0.1, -0.05) is 30.3 Å². The van der Waals surface area contributed by atoms with Crippen molar-refractivity contribution in [3.8, 4) is 17.1 Å². The summed E-state index contributed by atoms with van der Waals surface area (Å²) in [4.78, 5) is 7.46. The highest BCUT2D eigenvalue weighted by atomic mass is 32.2. The van der Waals surface area contributed by atoms with Crippen LogP contribution in [0.15, 0.2) is 53.4 Å². The van der Waals surface area contributed by atoms with E-state index in [1.54, 1.807) is 17.8 Å². The Bertz CT molecular complexity index is 995. The smallest absolute Gasteiger partial charge is 0.174 e. The van der Waals surface area contributed by atoms with Crippen LogP contribution in [-0.2, 0) is 11.3 Å². The van der Waals surface area contributed by atoms with Crippen molar-refractivity contribution >= 4 is 23.9 Å². The Labute approximate surface area is 181 Å². The zero-order valence-corrected chi connectivity index (χ0v) is 17.9. The largest absolute Gasteiger partial charge is 0.507 e. The Morgan fingerprint density at radius 1 is 1.10 bits per heavy atom. The molecule has 0 aliphatic carbocycles. The summed E-state index contributed by atoms with van der Waals surface area (Å²) in [6, 6.07) is 15.7. The van der Waals surface area contributed by atoms with Crippen molar-refractivity contribution in [2.45, 2.75) is 11.4 Å². The van der Waals surface area contributed by atoms with Gasteiger partial charge in [-0.15, -0.1) is 11.8 Å². The van der Waals surface area contributed by atoms with Gasteiger partial charge in [-0.25, -0.2) is 9.67 Å². The molecule has 2 heterocycles. The fourth-order valence-electron chi connectivity index (χ4n) is 3.51. The number of hydrogen-bond acceptors (Lipinski definition) is 5. The summed E-state index contributed by atoms with van der Waals surface area (Å²) in [5.41, 5.74) is 1.80. The molecule has 0 amide bonds. The number of ether oxygens (including phenoxy) is 1. The number of phenolic OH excluding ortho intramolecular Hbond substituents is 1. The number of aromatic nitrogens is 3. The highest BCUT2D eigenvalue weighted by molar-refractivity contribution is 7.98. The second kappa shape index (κ2) is 9.93. The van der Waals surface area contributed by atoms with Gasteiger partial charge in [0.2, 0.25) is 0 Å². The van der Waals surface area contributed by atoms with Crippen molar-refractivity contribution in [1.29, 1.82) is 0 Å². The average Bonchev–Trinajstić information content (AvgIpc) is 3.20. The molecular weight excluding hydrogens is 396 g/mol. The Morgan fingerprint density at radius 2 is 1.87 bits per heavy atom. The second-order valence-electron chi connectivity index (χ2n) is 7.25. The van der Waals surface area contributed by atoms with Gasteiger partial charge in [0.05, 0.1) is 31.9 Å². The number of quaternary nitrogens is 1. The second-order valence-corrected chi connectivity index (χ2v) is 8.13. The van der Waals surface area contributed by atoms with Crippen molar-refractivity contribution in [1.82, 2.24) is 14.8 Å². The number of para-hydroxylation sites is 1. The number of nitrogens with zero attached hydrogens (tertiary/aromatic N) is 3. The number of rotatable bonds is 7. The lowest BCUT2D eigenvalue weighted by Crippen LogP contribution is -3.14. The summed E-state index contributed by atoms with van der Waals surface area (Å²) in [5, 5.41) is 15.1. The Hall–Kier alpha value is -2.61. The maximum absolute atomic E-state index is 10.3. The number of benzene rings is 2. The topological polar surface area (TPSA) is 64.6 Å². The fourth-order valence-corrected chi connectivity index (χ4v) is 3.92. The lowest BCUT2D eigenvalue weighted by molar-refractivity contribution is -0.908. The van der Waals surface area contributed by atoms with Crippen LogP contribution in [0.3, 0.4) is 0 Å². The van der Waals surface area contributed by atoms with Crippen LogP contribution >= 0.6 is 11.8 Å². The molecule has 156 valence electrons. The van der Waals surface area contributed by atoms with E-state index in [1.807, 2.05) is 35.0 Å². The first-order valence-electron chi connectivity index (χ1n) is 10.2. The quantitative estimate of drug-likeness (QED) is 0.572. The summed E-state index contributed by atoms with van der Waals surface area (Å²) in [6.45, 7) is 5.33.